The average molecular weight is 525 g/mol. The van der Waals surface area contributed by atoms with Gasteiger partial charge in [0.25, 0.3) is 0 Å². The van der Waals surface area contributed by atoms with Crippen LogP contribution in [0.2, 0.25) is 0 Å². The lowest BCUT2D eigenvalue weighted by Gasteiger charge is -2.28. The molecule has 4 rings (SSSR count). The van der Waals surface area contributed by atoms with Crippen LogP contribution in [0.3, 0.4) is 0 Å². The zero-order chi connectivity index (χ0) is 19.7. The van der Waals surface area contributed by atoms with Gasteiger partial charge in [0.2, 0.25) is 0 Å². The van der Waals surface area contributed by atoms with E-state index in [1.807, 2.05) is 24.3 Å². The van der Waals surface area contributed by atoms with Gasteiger partial charge in [-0.15, -0.1) is 24.0 Å². The first-order chi connectivity index (χ1) is 14.4. The Balaban J connectivity index is 0.00000256. The molecular formula is C23H32IN3O3. The van der Waals surface area contributed by atoms with Crippen LogP contribution in [0, 0.1) is 0 Å². The highest BCUT2D eigenvalue weighted by molar-refractivity contribution is 14.0. The molecule has 30 heavy (non-hydrogen) atoms. The Morgan fingerprint density at radius 1 is 1.07 bits per heavy atom. The first-order valence-electron chi connectivity index (χ1n) is 10.8. The predicted molar refractivity (Wildman–Crippen MR) is 129 cm³/mol. The SMILES string of the molecule is I.c1coc(CCNC(=NCCC2CCCCO2)NC2CCOc3ccccc32)c1. The highest BCUT2D eigenvalue weighted by atomic mass is 127. The molecule has 2 aliphatic rings. The van der Waals surface area contributed by atoms with E-state index in [4.69, 9.17) is 18.9 Å². The van der Waals surface area contributed by atoms with Crippen molar-refractivity contribution in [1.29, 1.82) is 0 Å². The molecule has 2 unspecified atom stereocenters. The van der Waals surface area contributed by atoms with E-state index < -0.39 is 0 Å². The molecule has 2 aliphatic heterocycles. The molecule has 1 saturated heterocycles. The summed E-state index contributed by atoms with van der Waals surface area (Å²) >= 11 is 0. The van der Waals surface area contributed by atoms with Crippen LogP contribution in [0.1, 0.15) is 49.5 Å². The van der Waals surface area contributed by atoms with Crippen LogP contribution in [-0.2, 0) is 11.2 Å². The van der Waals surface area contributed by atoms with Crippen LogP contribution in [0.5, 0.6) is 5.75 Å². The van der Waals surface area contributed by atoms with Gasteiger partial charge in [0.15, 0.2) is 5.96 Å². The predicted octanol–water partition coefficient (Wildman–Crippen LogP) is 4.46. The molecule has 164 valence electrons. The summed E-state index contributed by atoms with van der Waals surface area (Å²) in [6.45, 7) is 3.12. The minimum atomic E-state index is 0. The number of aliphatic imine (C=N–C) groups is 1. The number of nitrogens with zero attached hydrogens (tertiary/aromatic N) is 1. The van der Waals surface area contributed by atoms with Gasteiger partial charge < -0.3 is 24.5 Å². The molecule has 0 aliphatic carbocycles. The fraction of sp³-hybridized carbons (Fsp3) is 0.522. The maximum absolute atomic E-state index is 5.85. The third-order valence-corrected chi connectivity index (χ3v) is 5.51. The highest BCUT2D eigenvalue weighted by Gasteiger charge is 2.22. The number of rotatable bonds is 7. The molecule has 6 nitrogen and oxygen atoms in total. The Bertz CT molecular complexity index is 776. The Kier molecular flexibility index (Phi) is 9.32. The van der Waals surface area contributed by atoms with Crippen LogP contribution >= 0.6 is 24.0 Å². The second-order valence-corrected chi connectivity index (χ2v) is 7.64. The van der Waals surface area contributed by atoms with Crippen molar-refractivity contribution in [3.8, 4) is 5.75 Å². The van der Waals surface area contributed by atoms with E-state index >= 15 is 0 Å². The number of nitrogens with one attached hydrogen (secondary N) is 2. The van der Waals surface area contributed by atoms with Gasteiger partial charge in [-0.3, -0.25) is 4.99 Å². The van der Waals surface area contributed by atoms with E-state index in [2.05, 4.69) is 22.8 Å². The number of guanidine groups is 1. The number of furan rings is 1. The molecule has 0 amide bonds. The molecular weight excluding hydrogens is 493 g/mol. The van der Waals surface area contributed by atoms with Gasteiger partial charge in [0.1, 0.15) is 11.5 Å². The largest absolute Gasteiger partial charge is 0.493 e. The van der Waals surface area contributed by atoms with Gasteiger partial charge in [0.05, 0.1) is 25.0 Å². The Labute approximate surface area is 195 Å². The van der Waals surface area contributed by atoms with Crippen molar-refractivity contribution in [3.05, 3.63) is 54.0 Å². The van der Waals surface area contributed by atoms with E-state index in [1.165, 1.54) is 18.4 Å². The van der Waals surface area contributed by atoms with Crippen molar-refractivity contribution in [2.75, 3.05) is 26.3 Å². The quantitative estimate of drug-likeness (QED) is 0.318. The van der Waals surface area contributed by atoms with Crippen molar-refractivity contribution < 1.29 is 13.9 Å². The summed E-state index contributed by atoms with van der Waals surface area (Å²) in [6.07, 6.45) is 8.37. The van der Waals surface area contributed by atoms with Crippen LogP contribution in [0.15, 0.2) is 52.1 Å². The van der Waals surface area contributed by atoms with Crippen molar-refractivity contribution in [2.45, 2.75) is 50.7 Å². The van der Waals surface area contributed by atoms with Gasteiger partial charge in [-0.05, 0) is 43.9 Å². The second-order valence-electron chi connectivity index (χ2n) is 7.64. The summed E-state index contributed by atoms with van der Waals surface area (Å²) in [4.78, 5) is 4.85. The molecule has 0 bridgehead atoms. The van der Waals surface area contributed by atoms with Crippen molar-refractivity contribution in [3.63, 3.8) is 0 Å². The lowest BCUT2D eigenvalue weighted by Crippen LogP contribution is -2.42. The van der Waals surface area contributed by atoms with E-state index in [9.17, 15) is 0 Å². The van der Waals surface area contributed by atoms with Crippen LogP contribution in [0.4, 0.5) is 0 Å². The maximum Gasteiger partial charge on any atom is 0.191 e. The number of hydrogen-bond donors (Lipinski definition) is 2. The number of hydrogen-bond acceptors (Lipinski definition) is 4. The van der Waals surface area contributed by atoms with Gasteiger partial charge in [-0.2, -0.15) is 0 Å². The summed E-state index contributed by atoms with van der Waals surface area (Å²) < 4.78 is 17.1. The number of halogens is 1. The third kappa shape index (κ3) is 6.63. The van der Waals surface area contributed by atoms with Crippen LogP contribution in [-0.4, -0.2) is 38.4 Å². The molecule has 0 saturated carbocycles. The topological polar surface area (TPSA) is 68.0 Å². The molecule has 2 aromatic rings. The Morgan fingerprint density at radius 3 is 2.83 bits per heavy atom. The minimum absolute atomic E-state index is 0. The lowest BCUT2D eigenvalue weighted by molar-refractivity contribution is 0.0129. The fourth-order valence-electron chi connectivity index (χ4n) is 3.92. The molecule has 2 N–H and O–H groups in total. The number of fused-ring (bicyclic) bond motifs is 1. The van der Waals surface area contributed by atoms with E-state index in [0.29, 0.717) is 12.7 Å². The van der Waals surface area contributed by atoms with E-state index in [0.717, 1.165) is 62.8 Å². The summed E-state index contributed by atoms with van der Waals surface area (Å²) in [5, 5.41) is 7.09. The molecule has 2 atom stereocenters. The summed E-state index contributed by atoms with van der Waals surface area (Å²) in [5.41, 5.74) is 1.19. The number of benzene rings is 1. The fourth-order valence-corrected chi connectivity index (χ4v) is 3.92. The standard InChI is InChI=1S/C23H31N3O3.HI/c1-2-9-22-20(8-1)21(12-17-29-22)26-23(25-14-11-19-7-5-16-28-19)24-13-10-18-6-3-4-15-27-18;/h1-2,5,7-9,16,18,21H,3-4,6,10-15,17H2,(H2,24,25,26);1H. The van der Waals surface area contributed by atoms with Crippen molar-refractivity contribution in [2.24, 2.45) is 4.99 Å². The lowest BCUT2D eigenvalue weighted by atomic mass is 10.0. The van der Waals surface area contributed by atoms with E-state index in [1.54, 1.807) is 6.26 Å². The molecule has 7 heteroatoms. The molecule has 0 radical (unpaired) electrons. The normalized spacial score (nSPS) is 21.1. The summed E-state index contributed by atoms with van der Waals surface area (Å²) in [5.74, 6) is 2.78. The summed E-state index contributed by atoms with van der Waals surface area (Å²) in [7, 11) is 0. The van der Waals surface area contributed by atoms with E-state index in [-0.39, 0.29) is 30.0 Å². The average Bonchev–Trinajstić information content (AvgIpc) is 3.28. The highest BCUT2D eigenvalue weighted by Crippen LogP contribution is 2.31. The zero-order valence-corrected chi connectivity index (χ0v) is 19.7. The van der Waals surface area contributed by atoms with Gasteiger partial charge in [-0.1, -0.05) is 18.2 Å². The minimum Gasteiger partial charge on any atom is -0.493 e. The smallest absolute Gasteiger partial charge is 0.191 e. The molecule has 3 heterocycles. The van der Waals surface area contributed by atoms with Crippen LogP contribution < -0.4 is 15.4 Å². The molecule has 1 fully saturated rings. The summed E-state index contributed by atoms with van der Waals surface area (Å²) in [6, 6.07) is 12.4. The molecule has 1 aromatic heterocycles. The van der Waals surface area contributed by atoms with Gasteiger partial charge in [0, 0.05) is 38.1 Å². The Hall–Kier alpha value is -1.74. The monoisotopic (exact) mass is 525 g/mol. The molecule has 1 aromatic carbocycles. The van der Waals surface area contributed by atoms with Crippen LogP contribution in [0.25, 0.3) is 0 Å². The zero-order valence-electron chi connectivity index (χ0n) is 17.3. The molecule has 0 spiro atoms. The number of ether oxygens (including phenoxy) is 2. The van der Waals surface area contributed by atoms with Crippen molar-refractivity contribution >= 4 is 29.9 Å². The number of para-hydroxylation sites is 1. The van der Waals surface area contributed by atoms with Gasteiger partial charge >= 0.3 is 0 Å². The maximum atomic E-state index is 5.85. The first kappa shape index (κ1) is 22.9. The first-order valence-corrected chi connectivity index (χ1v) is 10.8. The van der Waals surface area contributed by atoms with Gasteiger partial charge in [-0.25, -0.2) is 0 Å². The Morgan fingerprint density at radius 2 is 2.00 bits per heavy atom. The third-order valence-electron chi connectivity index (χ3n) is 5.51. The van der Waals surface area contributed by atoms with Crippen molar-refractivity contribution in [1.82, 2.24) is 10.6 Å². The second kappa shape index (κ2) is 12.2.